The van der Waals surface area contributed by atoms with Crippen molar-refractivity contribution in [1.29, 1.82) is 0 Å². The fraction of sp³-hybridized carbons (Fsp3) is 0.0333. The number of fused-ring (bicyclic) bond motifs is 6. The molecule has 0 saturated heterocycles. The minimum absolute atomic E-state index is 1.14. The maximum Gasteiger partial charge on any atom is 0.0541 e. The number of aromatic nitrogens is 2. The highest BCUT2D eigenvalue weighted by atomic mass is 15.0. The molecule has 0 unspecified atom stereocenters. The number of benzene rings is 9. The lowest BCUT2D eigenvalue weighted by Crippen LogP contribution is -1.97. The van der Waals surface area contributed by atoms with E-state index in [1.807, 2.05) is 0 Å². The molecule has 2 heteroatoms. The molecule has 0 amide bonds. The van der Waals surface area contributed by atoms with E-state index < -0.39 is 0 Å². The minimum atomic E-state index is 1.14. The minimum Gasteiger partial charge on any atom is -0.309 e. The Morgan fingerprint density at radius 1 is 0.323 bits per heavy atom. The van der Waals surface area contributed by atoms with Crippen LogP contribution in [0, 0.1) is 0 Å². The average molecular weight is 793 g/mol. The number of allylic oxidation sites excluding steroid dienone is 4. The molecule has 0 bridgehead atoms. The van der Waals surface area contributed by atoms with E-state index in [4.69, 9.17) is 0 Å². The van der Waals surface area contributed by atoms with E-state index in [9.17, 15) is 0 Å². The van der Waals surface area contributed by atoms with Crippen LogP contribution in [0.25, 0.3) is 105 Å². The van der Waals surface area contributed by atoms with E-state index in [2.05, 4.69) is 254 Å². The van der Waals surface area contributed by atoms with Gasteiger partial charge in [-0.3, -0.25) is 0 Å². The first kappa shape index (κ1) is 37.1. The summed E-state index contributed by atoms with van der Waals surface area (Å²) in [4.78, 5) is 0. The summed E-state index contributed by atoms with van der Waals surface area (Å²) in [7, 11) is 0. The largest absolute Gasteiger partial charge is 0.309 e. The highest BCUT2D eigenvalue weighted by Gasteiger charge is 2.18. The molecule has 0 radical (unpaired) electrons. The van der Waals surface area contributed by atoms with Gasteiger partial charge in [-0.2, -0.15) is 0 Å². The summed E-state index contributed by atoms with van der Waals surface area (Å²) in [6, 6.07) is 77.8. The predicted octanol–water partition coefficient (Wildman–Crippen LogP) is 16.5. The van der Waals surface area contributed by atoms with Gasteiger partial charge >= 0.3 is 0 Å². The summed E-state index contributed by atoms with van der Waals surface area (Å²) in [6.45, 7) is 4.20. The van der Waals surface area contributed by atoms with E-state index in [0.717, 1.165) is 11.4 Å². The molecule has 0 spiro atoms. The number of para-hydroxylation sites is 2. The standard InChI is InChI=1S/C60H44N2/c1-3-18-41(4-2)47-33-48(42-19-8-5-9-20-42)36-51(35-47)61-57-27-16-14-25-53(57)55-39-45(29-31-59(55)61)46-30-32-60-56(40-46)54-26-15-17-28-58(54)62(60)52-37-49(43-21-10-6-11-22-43)34-50(38-52)44-23-12-7-13-24-44/h3-40H,1-2H3/b18-3-,41-4+. The Balaban J connectivity index is 1.08. The van der Waals surface area contributed by atoms with Gasteiger partial charge in [0.05, 0.1) is 22.1 Å². The lowest BCUT2D eigenvalue weighted by molar-refractivity contribution is 1.18. The maximum atomic E-state index is 2.44. The van der Waals surface area contributed by atoms with Crippen LogP contribution in [0.2, 0.25) is 0 Å². The van der Waals surface area contributed by atoms with Crippen LogP contribution in [-0.4, -0.2) is 9.13 Å². The highest BCUT2D eigenvalue weighted by molar-refractivity contribution is 6.13. The zero-order chi connectivity index (χ0) is 41.6. The fourth-order valence-electron chi connectivity index (χ4n) is 9.44. The van der Waals surface area contributed by atoms with Gasteiger partial charge in [0.2, 0.25) is 0 Å². The molecule has 2 aromatic heterocycles. The van der Waals surface area contributed by atoms with Crippen molar-refractivity contribution in [2.45, 2.75) is 13.8 Å². The normalized spacial score (nSPS) is 12.1. The van der Waals surface area contributed by atoms with Gasteiger partial charge in [0.1, 0.15) is 0 Å². The smallest absolute Gasteiger partial charge is 0.0541 e. The second-order valence-electron chi connectivity index (χ2n) is 16.0. The van der Waals surface area contributed by atoms with Crippen LogP contribution in [-0.2, 0) is 0 Å². The third-order valence-corrected chi connectivity index (χ3v) is 12.3. The maximum absolute atomic E-state index is 2.44. The van der Waals surface area contributed by atoms with E-state index in [1.54, 1.807) is 0 Å². The Morgan fingerprint density at radius 2 is 0.726 bits per heavy atom. The first-order valence-electron chi connectivity index (χ1n) is 21.5. The van der Waals surface area contributed by atoms with Gasteiger partial charge in [0, 0.05) is 32.9 Å². The molecule has 62 heavy (non-hydrogen) atoms. The van der Waals surface area contributed by atoms with Crippen molar-refractivity contribution < 1.29 is 0 Å². The van der Waals surface area contributed by atoms with Crippen molar-refractivity contribution in [3.63, 3.8) is 0 Å². The first-order valence-corrected chi connectivity index (χ1v) is 21.5. The summed E-state index contributed by atoms with van der Waals surface area (Å²) >= 11 is 0. The second kappa shape index (κ2) is 15.6. The number of nitrogens with zero attached hydrogens (tertiary/aromatic N) is 2. The van der Waals surface area contributed by atoms with Crippen molar-refractivity contribution >= 4 is 49.2 Å². The Hall–Kier alpha value is -7.94. The van der Waals surface area contributed by atoms with E-state index in [0.29, 0.717) is 0 Å². The molecule has 0 fully saturated rings. The molecule has 2 nitrogen and oxygen atoms in total. The number of hydrogen-bond donors (Lipinski definition) is 0. The van der Waals surface area contributed by atoms with Crippen LogP contribution < -0.4 is 0 Å². The molecule has 0 atom stereocenters. The Morgan fingerprint density at radius 3 is 1.18 bits per heavy atom. The molecular formula is C60H44N2. The van der Waals surface area contributed by atoms with Crippen molar-refractivity contribution in [2.75, 3.05) is 0 Å². The van der Waals surface area contributed by atoms with Crippen LogP contribution in [0.3, 0.4) is 0 Å². The monoisotopic (exact) mass is 792 g/mol. The highest BCUT2D eigenvalue weighted by Crippen LogP contribution is 2.40. The SMILES string of the molecule is C/C=C\C(=C/C)c1cc(-c2ccccc2)cc(-n2c3ccccc3c3cc(-c4ccc5c(c4)c4ccccc4n5-c4cc(-c5ccccc5)cc(-c5ccccc5)c4)ccc32)c1. The van der Waals surface area contributed by atoms with Crippen LogP contribution >= 0.6 is 0 Å². The van der Waals surface area contributed by atoms with Gasteiger partial charge in [0.25, 0.3) is 0 Å². The van der Waals surface area contributed by atoms with E-state index in [1.165, 1.54) is 99.3 Å². The fourth-order valence-corrected chi connectivity index (χ4v) is 9.44. The van der Waals surface area contributed by atoms with Crippen LogP contribution in [0.15, 0.2) is 231 Å². The first-order chi connectivity index (χ1) is 30.6. The molecular weight excluding hydrogens is 749 g/mol. The topological polar surface area (TPSA) is 9.86 Å². The van der Waals surface area contributed by atoms with Gasteiger partial charge in [-0.1, -0.05) is 158 Å². The summed E-state index contributed by atoms with van der Waals surface area (Å²) < 4.78 is 4.88. The van der Waals surface area contributed by atoms with Crippen molar-refractivity contribution in [2.24, 2.45) is 0 Å². The third-order valence-electron chi connectivity index (χ3n) is 12.3. The van der Waals surface area contributed by atoms with Crippen molar-refractivity contribution in [1.82, 2.24) is 9.13 Å². The number of hydrogen-bond acceptors (Lipinski definition) is 0. The van der Waals surface area contributed by atoms with Crippen molar-refractivity contribution in [3.8, 4) is 55.9 Å². The van der Waals surface area contributed by atoms with Gasteiger partial charge in [-0.25, -0.2) is 0 Å². The molecule has 11 rings (SSSR count). The molecule has 2 heterocycles. The molecule has 11 aromatic rings. The molecule has 0 N–H and O–H groups in total. The Kier molecular flexibility index (Phi) is 9.32. The lowest BCUT2D eigenvalue weighted by atomic mass is 9.97. The summed E-state index contributed by atoms with van der Waals surface area (Å²) in [5.41, 5.74) is 19.0. The van der Waals surface area contributed by atoms with Gasteiger partial charge in [-0.15, -0.1) is 0 Å². The quantitative estimate of drug-likeness (QED) is 0.136. The molecule has 0 saturated carbocycles. The molecule has 9 aromatic carbocycles. The zero-order valence-corrected chi connectivity index (χ0v) is 34.8. The molecule has 0 aliphatic rings. The molecule has 294 valence electrons. The lowest BCUT2D eigenvalue weighted by Gasteiger charge is -2.15. The number of rotatable bonds is 8. The second-order valence-corrected chi connectivity index (χ2v) is 16.0. The zero-order valence-electron chi connectivity index (χ0n) is 34.8. The van der Waals surface area contributed by atoms with Gasteiger partial charge in [0.15, 0.2) is 0 Å². The van der Waals surface area contributed by atoms with Gasteiger partial charge in [-0.05, 0) is 142 Å². The van der Waals surface area contributed by atoms with Crippen LogP contribution in [0.1, 0.15) is 19.4 Å². The van der Waals surface area contributed by atoms with E-state index in [-0.39, 0.29) is 0 Å². The third kappa shape index (κ3) is 6.45. The summed E-state index contributed by atoms with van der Waals surface area (Å²) in [5, 5.41) is 4.94. The van der Waals surface area contributed by atoms with Gasteiger partial charge < -0.3 is 9.13 Å². The summed E-state index contributed by atoms with van der Waals surface area (Å²) in [5.74, 6) is 0. The summed E-state index contributed by atoms with van der Waals surface area (Å²) in [6.07, 6.45) is 6.51. The Labute approximate surface area is 362 Å². The van der Waals surface area contributed by atoms with Crippen LogP contribution in [0.5, 0.6) is 0 Å². The predicted molar refractivity (Wildman–Crippen MR) is 265 cm³/mol. The van der Waals surface area contributed by atoms with Crippen molar-refractivity contribution in [3.05, 3.63) is 236 Å². The van der Waals surface area contributed by atoms with E-state index >= 15 is 0 Å². The average Bonchev–Trinajstić information content (AvgIpc) is 3.86. The molecule has 0 aliphatic carbocycles. The molecule has 0 aliphatic heterocycles. The Bertz CT molecular complexity index is 3450. The van der Waals surface area contributed by atoms with Crippen LogP contribution in [0.4, 0.5) is 0 Å².